The minimum absolute atomic E-state index is 0.190. The molecule has 0 aliphatic rings. The summed E-state index contributed by atoms with van der Waals surface area (Å²) in [5.41, 5.74) is 1.19. The van der Waals surface area contributed by atoms with Gasteiger partial charge in [0, 0.05) is 16.6 Å². The molecule has 0 aliphatic carbocycles. The lowest BCUT2D eigenvalue weighted by Crippen LogP contribution is -2.19. The Labute approximate surface area is 166 Å². The Kier molecular flexibility index (Phi) is 6.98. The van der Waals surface area contributed by atoms with Crippen molar-refractivity contribution in [2.45, 2.75) is 27.7 Å². The fraction of sp³-hybridized carbons (Fsp3) is 0.316. The first-order valence-electron chi connectivity index (χ1n) is 8.42. The van der Waals surface area contributed by atoms with E-state index in [0.717, 1.165) is 11.3 Å². The van der Waals surface area contributed by atoms with E-state index in [9.17, 15) is 14.4 Å². The first-order chi connectivity index (χ1) is 12.7. The molecule has 0 saturated heterocycles. The second-order valence-corrected chi connectivity index (χ2v) is 7.55. The van der Waals surface area contributed by atoms with Crippen molar-refractivity contribution in [3.8, 4) is 0 Å². The van der Waals surface area contributed by atoms with E-state index in [4.69, 9.17) is 16.3 Å². The first-order valence-corrected chi connectivity index (χ1v) is 9.62. The van der Waals surface area contributed by atoms with Gasteiger partial charge in [-0.1, -0.05) is 31.5 Å². The summed E-state index contributed by atoms with van der Waals surface area (Å²) < 4.78 is 5.09. The average molecular weight is 409 g/mol. The fourth-order valence-corrected chi connectivity index (χ4v) is 3.56. The largest absolute Gasteiger partial charge is 0.462 e. The van der Waals surface area contributed by atoms with E-state index < -0.39 is 11.9 Å². The van der Waals surface area contributed by atoms with Gasteiger partial charge >= 0.3 is 5.97 Å². The van der Waals surface area contributed by atoms with Crippen LogP contribution in [0.15, 0.2) is 24.3 Å². The fourth-order valence-electron chi connectivity index (χ4n) is 2.28. The highest BCUT2D eigenvalue weighted by atomic mass is 35.5. The predicted molar refractivity (Wildman–Crippen MR) is 108 cm³/mol. The molecule has 1 aromatic heterocycles. The molecule has 2 amide bonds. The number of amides is 2. The number of hydrogen-bond acceptors (Lipinski definition) is 5. The number of hydrogen-bond donors (Lipinski definition) is 2. The highest BCUT2D eigenvalue weighted by Crippen LogP contribution is 2.34. The second kappa shape index (κ2) is 9.01. The Bertz CT molecular complexity index is 877. The lowest BCUT2D eigenvalue weighted by molar-refractivity contribution is -0.118. The molecule has 2 aromatic rings. The van der Waals surface area contributed by atoms with Gasteiger partial charge in [-0.2, -0.15) is 0 Å². The van der Waals surface area contributed by atoms with Gasteiger partial charge in [0.25, 0.3) is 5.91 Å². The summed E-state index contributed by atoms with van der Waals surface area (Å²) in [5, 5.41) is 6.27. The molecule has 0 radical (unpaired) electrons. The molecule has 2 N–H and O–H groups in total. The van der Waals surface area contributed by atoms with Gasteiger partial charge in [0.05, 0.1) is 17.0 Å². The Morgan fingerprint density at radius 2 is 1.93 bits per heavy atom. The van der Waals surface area contributed by atoms with Crippen LogP contribution in [0, 0.1) is 12.8 Å². The Morgan fingerprint density at radius 1 is 1.22 bits per heavy atom. The van der Waals surface area contributed by atoms with Crippen molar-refractivity contribution in [1.82, 2.24) is 0 Å². The Morgan fingerprint density at radius 3 is 2.52 bits per heavy atom. The van der Waals surface area contributed by atoms with Crippen molar-refractivity contribution >= 4 is 51.4 Å². The molecule has 0 unspecified atom stereocenters. The van der Waals surface area contributed by atoms with Crippen LogP contribution in [-0.2, 0) is 9.53 Å². The molecule has 6 nitrogen and oxygen atoms in total. The van der Waals surface area contributed by atoms with E-state index in [0.29, 0.717) is 26.2 Å². The van der Waals surface area contributed by atoms with Gasteiger partial charge in [-0.3, -0.25) is 9.59 Å². The number of halogens is 1. The van der Waals surface area contributed by atoms with Crippen molar-refractivity contribution in [1.29, 1.82) is 0 Å². The number of esters is 1. The van der Waals surface area contributed by atoms with Crippen molar-refractivity contribution < 1.29 is 19.1 Å². The van der Waals surface area contributed by atoms with Crippen LogP contribution in [0.4, 0.5) is 10.7 Å². The molecule has 0 atom stereocenters. The zero-order valence-corrected chi connectivity index (χ0v) is 17.1. The standard InChI is InChI=1S/C19H21ClN2O4S/c1-5-26-19(25)14-11(4)15(27-18(14)22-16(23)10(2)3)17(24)21-13-8-6-7-12(20)9-13/h6-10H,5H2,1-4H3,(H,21,24)(H,22,23). The Hall–Kier alpha value is -2.38. The van der Waals surface area contributed by atoms with Gasteiger partial charge in [0.2, 0.25) is 5.91 Å². The number of carbonyl (C=O) groups is 3. The number of anilines is 2. The van der Waals surface area contributed by atoms with Crippen LogP contribution in [0.25, 0.3) is 0 Å². The normalized spacial score (nSPS) is 10.6. The van der Waals surface area contributed by atoms with E-state index in [-0.39, 0.29) is 24.0 Å². The van der Waals surface area contributed by atoms with Gasteiger partial charge in [0.15, 0.2) is 0 Å². The minimum Gasteiger partial charge on any atom is -0.462 e. The lowest BCUT2D eigenvalue weighted by Gasteiger charge is -2.08. The molecule has 27 heavy (non-hydrogen) atoms. The van der Waals surface area contributed by atoms with Crippen LogP contribution < -0.4 is 10.6 Å². The SMILES string of the molecule is CCOC(=O)c1c(NC(=O)C(C)C)sc(C(=O)Nc2cccc(Cl)c2)c1C. The molecular formula is C19H21ClN2O4S. The molecule has 2 rings (SSSR count). The molecule has 144 valence electrons. The lowest BCUT2D eigenvalue weighted by atomic mass is 10.1. The van der Waals surface area contributed by atoms with E-state index >= 15 is 0 Å². The van der Waals surface area contributed by atoms with Crippen LogP contribution in [0.3, 0.4) is 0 Å². The third kappa shape index (κ3) is 5.08. The van der Waals surface area contributed by atoms with Crippen LogP contribution in [0.1, 0.15) is 46.4 Å². The zero-order chi connectivity index (χ0) is 20.1. The highest BCUT2D eigenvalue weighted by Gasteiger charge is 2.27. The van der Waals surface area contributed by atoms with Crippen molar-refractivity contribution in [3.63, 3.8) is 0 Å². The van der Waals surface area contributed by atoms with Gasteiger partial charge in [-0.25, -0.2) is 4.79 Å². The molecule has 1 heterocycles. The molecule has 0 bridgehead atoms. The van der Waals surface area contributed by atoms with Crippen molar-refractivity contribution in [2.75, 3.05) is 17.2 Å². The van der Waals surface area contributed by atoms with Crippen molar-refractivity contribution in [2.24, 2.45) is 5.92 Å². The third-order valence-electron chi connectivity index (χ3n) is 3.68. The van der Waals surface area contributed by atoms with E-state index in [1.807, 2.05) is 0 Å². The smallest absolute Gasteiger partial charge is 0.341 e. The number of ether oxygens (including phenoxy) is 1. The average Bonchev–Trinajstić information content (AvgIpc) is 2.91. The highest BCUT2D eigenvalue weighted by molar-refractivity contribution is 7.18. The van der Waals surface area contributed by atoms with E-state index in [2.05, 4.69) is 10.6 Å². The summed E-state index contributed by atoms with van der Waals surface area (Å²) in [6, 6.07) is 6.75. The van der Waals surface area contributed by atoms with E-state index in [1.54, 1.807) is 52.0 Å². The van der Waals surface area contributed by atoms with Gasteiger partial charge in [-0.15, -0.1) is 11.3 Å². The van der Waals surface area contributed by atoms with E-state index in [1.165, 1.54) is 0 Å². The van der Waals surface area contributed by atoms with Gasteiger partial charge < -0.3 is 15.4 Å². The van der Waals surface area contributed by atoms with Gasteiger partial charge in [0.1, 0.15) is 5.00 Å². The maximum atomic E-state index is 12.7. The van der Waals surface area contributed by atoms with Crippen LogP contribution in [0.5, 0.6) is 0 Å². The Balaban J connectivity index is 2.39. The number of nitrogens with one attached hydrogen (secondary N) is 2. The maximum Gasteiger partial charge on any atom is 0.341 e. The summed E-state index contributed by atoms with van der Waals surface area (Å²) >= 11 is 6.98. The number of carbonyl (C=O) groups excluding carboxylic acids is 3. The molecule has 0 fully saturated rings. The van der Waals surface area contributed by atoms with Crippen LogP contribution in [0.2, 0.25) is 5.02 Å². The quantitative estimate of drug-likeness (QED) is 0.676. The number of thiophene rings is 1. The van der Waals surface area contributed by atoms with Crippen molar-refractivity contribution in [3.05, 3.63) is 45.3 Å². The molecule has 0 aliphatic heterocycles. The molecular weight excluding hydrogens is 388 g/mol. The topological polar surface area (TPSA) is 84.5 Å². The number of benzene rings is 1. The predicted octanol–water partition coefficient (Wildman–Crippen LogP) is 4.73. The minimum atomic E-state index is -0.577. The molecule has 0 saturated carbocycles. The second-order valence-electron chi connectivity index (χ2n) is 6.09. The third-order valence-corrected chi connectivity index (χ3v) is 5.12. The van der Waals surface area contributed by atoms with Crippen LogP contribution >= 0.6 is 22.9 Å². The molecule has 8 heteroatoms. The monoisotopic (exact) mass is 408 g/mol. The first kappa shape index (κ1) is 20.9. The summed E-state index contributed by atoms with van der Waals surface area (Å²) in [7, 11) is 0. The summed E-state index contributed by atoms with van der Waals surface area (Å²) in [4.78, 5) is 37.5. The summed E-state index contributed by atoms with van der Waals surface area (Å²) in [6.45, 7) is 7.02. The molecule has 0 spiro atoms. The summed E-state index contributed by atoms with van der Waals surface area (Å²) in [6.07, 6.45) is 0. The maximum absolute atomic E-state index is 12.7. The van der Waals surface area contributed by atoms with Gasteiger partial charge in [-0.05, 0) is 37.6 Å². The number of rotatable bonds is 6. The summed E-state index contributed by atoms with van der Waals surface area (Å²) in [5.74, 6) is -1.49. The zero-order valence-electron chi connectivity index (χ0n) is 15.5. The van der Waals surface area contributed by atoms with Crippen LogP contribution in [-0.4, -0.2) is 24.4 Å². The molecule has 1 aromatic carbocycles.